The first-order chi connectivity index (χ1) is 16.1. The van der Waals surface area contributed by atoms with E-state index in [-0.39, 0.29) is 30.3 Å². The van der Waals surface area contributed by atoms with Crippen LogP contribution in [0.5, 0.6) is 0 Å². The van der Waals surface area contributed by atoms with Crippen molar-refractivity contribution in [1.29, 1.82) is 0 Å². The number of rotatable bonds is 5. The third kappa shape index (κ3) is 3.02. The smallest absolute Gasteiger partial charge is 0.322 e. The summed E-state index contributed by atoms with van der Waals surface area (Å²) in [4.78, 5) is 66.6. The maximum Gasteiger partial charge on any atom is 0.322 e. The first-order valence-electron chi connectivity index (χ1n) is 10.5. The molecule has 1 atom stereocenters. The van der Waals surface area contributed by atoms with E-state index in [0.29, 0.717) is 35.3 Å². The average Bonchev–Trinajstić information content (AvgIpc) is 3.43. The van der Waals surface area contributed by atoms with Gasteiger partial charge in [-0.1, -0.05) is 0 Å². The molecule has 12 heteroatoms. The van der Waals surface area contributed by atoms with E-state index in [1.54, 1.807) is 13.0 Å². The molecule has 1 aliphatic carbocycles. The third-order valence-corrected chi connectivity index (χ3v) is 6.45. The number of nitrogens with zero attached hydrogens (tertiary/aromatic N) is 1. The Morgan fingerprint density at radius 2 is 2.03 bits per heavy atom. The number of aryl methyl sites for hydroxylation is 1. The second-order valence-corrected chi connectivity index (χ2v) is 8.48. The van der Waals surface area contributed by atoms with Gasteiger partial charge in [-0.2, -0.15) is 0 Å². The molecule has 0 aromatic carbocycles. The Morgan fingerprint density at radius 3 is 2.68 bits per heavy atom. The lowest BCUT2D eigenvalue weighted by atomic mass is 9.95. The number of urea groups is 1. The number of hydrogen-bond acceptors (Lipinski definition) is 7. The number of carbonyl (C=O) groups excluding carboxylic acids is 4. The Kier molecular flexibility index (Phi) is 4.64. The van der Waals surface area contributed by atoms with E-state index in [9.17, 15) is 24.0 Å². The van der Waals surface area contributed by atoms with Crippen LogP contribution in [0, 0.1) is 6.92 Å². The van der Waals surface area contributed by atoms with Gasteiger partial charge < -0.3 is 30.1 Å². The van der Waals surface area contributed by atoms with Crippen LogP contribution >= 0.6 is 0 Å². The number of aromatic nitrogens is 1. The number of pyridine rings is 1. The van der Waals surface area contributed by atoms with Gasteiger partial charge in [0.2, 0.25) is 0 Å². The summed E-state index contributed by atoms with van der Waals surface area (Å²) >= 11 is 0. The van der Waals surface area contributed by atoms with Crippen LogP contribution in [-0.2, 0) is 19.9 Å². The van der Waals surface area contributed by atoms with E-state index in [0.717, 1.165) is 5.57 Å². The van der Waals surface area contributed by atoms with E-state index in [1.165, 1.54) is 18.1 Å². The zero-order chi connectivity index (χ0) is 24.4. The molecule has 2 aromatic heterocycles. The number of carbonyl (C=O) groups is 4. The van der Waals surface area contributed by atoms with E-state index in [4.69, 9.17) is 14.9 Å². The number of imide groups is 1. The average molecular weight is 467 g/mol. The molecule has 0 unspecified atom stereocenters. The second-order valence-electron chi connectivity index (χ2n) is 8.48. The molecule has 0 spiro atoms. The Labute approximate surface area is 191 Å². The zero-order valence-electron chi connectivity index (χ0n) is 18.4. The lowest BCUT2D eigenvalue weighted by molar-refractivity contribution is -0.130. The highest BCUT2D eigenvalue weighted by Gasteiger charge is 2.53. The molecule has 3 aliphatic rings. The molecule has 4 heterocycles. The molecule has 5 N–H and O–H groups in total. The zero-order valence-corrected chi connectivity index (χ0v) is 18.4. The van der Waals surface area contributed by atoms with Crippen molar-refractivity contribution in [3.63, 3.8) is 0 Å². The molecule has 2 aliphatic heterocycles. The molecule has 176 valence electrons. The predicted octanol–water partition coefficient (Wildman–Crippen LogP) is 0.0260. The summed E-state index contributed by atoms with van der Waals surface area (Å²) in [7, 11) is 1.54. The van der Waals surface area contributed by atoms with Crippen LogP contribution in [-0.4, -0.2) is 53.8 Å². The lowest BCUT2D eigenvalue weighted by Crippen LogP contribution is -2.53. The molecule has 34 heavy (non-hydrogen) atoms. The van der Waals surface area contributed by atoms with Gasteiger partial charge in [-0.15, -0.1) is 0 Å². The quantitative estimate of drug-likeness (QED) is 0.448. The standard InChI is InChI=1S/C22H21N5O7/c1-9-12-6-14(34-16(12)15(17(23)28)18(29)24-9)22(20(31)25-21(32)26-22)8-27-7-10-3-4-11(33-2)5-13(10)19(27)30/h5-6H,3-4,7-8H2,1-2H3,(H2,23,28)(H,24,29)(H2,25,26,31,32)/t22-/m0/s1. The van der Waals surface area contributed by atoms with Crippen molar-refractivity contribution in [2.24, 2.45) is 5.73 Å². The minimum atomic E-state index is -1.78. The van der Waals surface area contributed by atoms with Gasteiger partial charge in [0.15, 0.2) is 11.1 Å². The van der Waals surface area contributed by atoms with Crippen molar-refractivity contribution in [2.75, 3.05) is 20.2 Å². The van der Waals surface area contributed by atoms with E-state index in [2.05, 4.69) is 15.6 Å². The van der Waals surface area contributed by atoms with Crippen molar-refractivity contribution in [3.8, 4) is 0 Å². The van der Waals surface area contributed by atoms with Crippen LogP contribution < -0.4 is 21.9 Å². The summed E-state index contributed by atoms with van der Waals surface area (Å²) in [5.74, 6) is -1.40. The van der Waals surface area contributed by atoms with Crippen LogP contribution in [0.4, 0.5) is 4.79 Å². The van der Waals surface area contributed by atoms with Gasteiger partial charge in [-0.25, -0.2) is 4.79 Å². The fraction of sp³-hybridized carbons (Fsp3) is 0.318. The van der Waals surface area contributed by atoms with Gasteiger partial charge in [0.25, 0.3) is 23.3 Å². The largest absolute Gasteiger partial charge is 0.501 e. The van der Waals surface area contributed by atoms with Crippen molar-refractivity contribution >= 4 is 34.7 Å². The van der Waals surface area contributed by atoms with Crippen molar-refractivity contribution in [2.45, 2.75) is 25.3 Å². The molecule has 12 nitrogen and oxygen atoms in total. The molecule has 5 amide bonds. The van der Waals surface area contributed by atoms with E-state index in [1.807, 2.05) is 0 Å². The monoisotopic (exact) mass is 467 g/mol. The summed E-state index contributed by atoms with van der Waals surface area (Å²) in [5.41, 5.74) is 4.15. The summed E-state index contributed by atoms with van der Waals surface area (Å²) < 4.78 is 11.1. The Bertz CT molecular complexity index is 1430. The number of hydrogen-bond donors (Lipinski definition) is 4. The maximum absolute atomic E-state index is 13.2. The van der Waals surface area contributed by atoms with Gasteiger partial charge in [0.1, 0.15) is 11.3 Å². The minimum Gasteiger partial charge on any atom is -0.501 e. The number of nitrogens with one attached hydrogen (secondary N) is 3. The first kappa shape index (κ1) is 21.5. The molecule has 2 aromatic rings. The molecule has 1 fully saturated rings. The highest BCUT2D eigenvalue weighted by Crippen LogP contribution is 2.36. The third-order valence-electron chi connectivity index (χ3n) is 6.45. The highest BCUT2D eigenvalue weighted by molar-refractivity contribution is 6.09. The summed E-state index contributed by atoms with van der Waals surface area (Å²) in [5, 5.41) is 5.11. The Morgan fingerprint density at radius 1 is 1.26 bits per heavy atom. The van der Waals surface area contributed by atoms with Crippen LogP contribution in [0.1, 0.15) is 34.7 Å². The molecular formula is C22H21N5O7. The highest BCUT2D eigenvalue weighted by atomic mass is 16.5. The van der Waals surface area contributed by atoms with Gasteiger partial charge in [0.05, 0.1) is 19.4 Å². The minimum absolute atomic E-state index is 0.0405. The number of amides is 5. The summed E-state index contributed by atoms with van der Waals surface area (Å²) in [6.07, 6.45) is 2.98. The van der Waals surface area contributed by atoms with Crippen molar-refractivity contribution in [1.82, 2.24) is 20.5 Å². The normalized spacial score (nSPS) is 22.1. The molecular weight excluding hydrogens is 446 g/mol. The fourth-order valence-corrected chi connectivity index (χ4v) is 4.72. The predicted molar refractivity (Wildman–Crippen MR) is 116 cm³/mol. The maximum atomic E-state index is 13.2. The number of fused-ring (bicyclic) bond motifs is 1. The van der Waals surface area contributed by atoms with Gasteiger partial charge in [0, 0.05) is 29.6 Å². The lowest BCUT2D eigenvalue weighted by Gasteiger charge is -2.29. The number of methoxy groups -OCH3 is 1. The SMILES string of the molecule is COC1=CC2=C(CC1)CN(C[C@@]1(c3cc4c(C)[nH]c(=O)c(C(N)=O)c4o3)NC(=O)NC1=O)C2=O. The Balaban J connectivity index is 1.60. The fourth-order valence-electron chi connectivity index (χ4n) is 4.72. The number of allylic oxidation sites excluding steroid dienone is 1. The molecule has 0 radical (unpaired) electrons. The van der Waals surface area contributed by atoms with Gasteiger partial charge in [-0.3, -0.25) is 24.5 Å². The van der Waals surface area contributed by atoms with Gasteiger partial charge >= 0.3 is 6.03 Å². The van der Waals surface area contributed by atoms with Crippen molar-refractivity contribution in [3.05, 3.63) is 56.4 Å². The number of primary amides is 1. The van der Waals surface area contributed by atoms with Crippen molar-refractivity contribution < 1.29 is 28.3 Å². The van der Waals surface area contributed by atoms with Crippen LogP contribution in [0.25, 0.3) is 11.0 Å². The summed E-state index contributed by atoms with van der Waals surface area (Å²) in [6, 6.07) is 0.689. The number of ether oxygens (including phenoxy) is 1. The Hall–Kier alpha value is -4.35. The topological polar surface area (TPSA) is 177 Å². The van der Waals surface area contributed by atoms with Gasteiger partial charge in [-0.05, 0) is 31.1 Å². The molecule has 5 rings (SSSR count). The molecule has 1 saturated heterocycles. The number of aromatic amines is 1. The second kappa shape index (κ2) is 7.33. The van der Waals surface area contributed by atoms with E-state index >= 15 is 0 Å². The molecule has 0 saturated carbocycles. The summed E-state index contributed by atoms with van der Waals surface area (Å²) in [6.45, 7) is 1.64. The van der Waals surface area contributed by atoms with E-state index < -0.39 is 34.5 Å². The molecule has 0 bridgehead atoms. The van der Waals surface area contributed by atoms with Crippen LogP contribution in [0.2, 0.25) is 0 Å². The van der Waals surface area contributed by atoms with Crippen LogP contribution in [0.3, 0.4) is 0 Å². The number of H-pyrrole nitrogens is 1. The number of nitrogens with two attached hydrogens (primary N) is 1. The number of furan rings is 1. The first-order valence-corrected chi connectivity index (χ1v) is 10.5. The van der Waals surface area contributed by atoms with Crippen LogP contribution in [0.15, 0.2) is 38.3 Å².